The highest BCUT2D eigenvalue weighted by Crippen LogP contribution is 2.22. The molecule has 3 nitrogen and oxygen atoms in total. The first-order chi connectivity index (χ1) is 12.8. The molecule has 1 amide bonds. The lowest BCUT2D eigenvalue weighted by atomic mass is 9.90. The first-order valence-corrected chi connectivity index (χ1v) is 10.5. The van der Waals surface area contributed by atoms with Gasteiger partial charge in [0, 0.05) is 26.1 Å². The molecule has 0 atom stereocenters. The van der Waals surface area contributed by atoms with Gasteiger partial charge in [-0.15, -0.1) is 0 Å². The summed E-state index contributed by atoms with van der Waals surface area (Å²) in [5.41, 5.74) is 3.03. The summed E-state index contributed by atoms with van der Waals surface area (Å²) in [6.45, 7) is 3.70. The lowest BCUT2D eigenvalue weighted by Crippen LogP contribution is -2.40. The molecule has 1 fully saturated rings. The molecule has 1 aliphatic heterocycles. The molecule has 0 saturated carbocycles. The van der Waals surface area contributed by atoms with Crippen LogP contribution < -0.4 is 5.32 Å². The molecular formula is C23H34N2O. The number of nitrogens with one attached hydrogen (secondary N) is 1. The van der Waals surface area contributed by atoms with E-state index in [1.807, 2.05) is 0 Å². The van der Waals surface area contributed by atoms with Crippen LogP contribution in [0.15, 0.2) is 42.0 Å². The number of benzene rings is 1. The summed E-state index contributed by atoms with van der Waals surface area (Å²) in [6.07, 6.45) is 12.9. The summed E-state index contributed by atoms with van der Waals surface area (Å²) >= 11 is 0. The molecule has 3 rings (SSSR count). The lowest BCUT2D eigenvalue weighted by molar-refractivity contribution is -0.132. The van der Waals surface area contributed by atoms with Crippen molar-refractivity contribution < 1.29 is 4.79 Å². The molecule has 1 aliphatic carbocycles. The van der Waals surface area contributed by atoms with Crippen molar-refractivity contribution in [2.75, 3.05) is 26.2 Å². The monoisotopic (exact) mass is 354 g/mol. The predicted molar refractivity (Wildman–Crippen MR) is 108 cm³/mol. The third kappa shape index (κ3) is 6.28. The minimum Gasteiger partial charge on any atom is -0.343 e. The number of piperidine rings is 1. The maximum Gasteiger partial charge on any atom is 0.223 e. The molecule has 2 aliphatic rings. The van der Waals surface area contributed by atoms with E-state index in [1.54, 1.807) is 5.57 Å². The number of allylic oxidation sites excluding steroid dienone is 1. The second-order valence-corrected chi connectivity index (χ2v) is 7.87. The molecule has 1 heterocycles. The van der Waals surface area contributed by atoms with Gasteiger partial charge in [-0.25, -0.2) is 0 Å². The van der Waals surface area contributed by atoms with Crippen LogP contribution in [0.25, 0.3) is 0 Å². The third-order valence-corrected chi connectivity index (χ3v) is 5.86. The standard InChI is InChI=1S/C23H34N2O/c26-23(12-16-24-15-11-20-7-3-1-4-8-20)25-17-13-22(14-18-25)19-21-9-5-2-6-10-21/h2,5-7,9-10,22,24H,1,3-4,8,11-19H2. The number of amides is 1. The average Bonchev–Trinajstić information content (AvgIpc) is 2.70. The Kier molecular flexibility index (Phi) is 7.75. The van der Waals surface area contributed by atoms with Crippen LogP contribution in [-0.4, -0.2) is 37.0 Å². The van der Waals surface area contributed by atoms with Crippen molar-refractivity contribution >= 4 is 5.91 Å². The quantitative estimate of drug-likeness (QED) is 0.556. The number of carbonyl (C=O) groups is 1. The molecule has 1 saturated heterocycles. The van der Waals surface area contributed by atoms with Gasteiger partial charge in [-0.2, -0.15) is 0 Å². The van der Waals surface area contributed by atoms with E-state index in [1.165, 1.54) is 31.2 Å². The van der Waals surface area contributed by atoms with E-state index in [2.05, 4.69) is 46.6 Å². The summed E-state index contributed by atoms with van der Waals surface area (Å²) < 4.78 is 0. The van der Waals surface area contributed by atoms with E-state index in [-0.39, 0.29) is 0 Å². The summed E-state index contributed by atoms with van der Waals surface area (Å²) in [4.78, 5) is 14.5. The summed E-state index contributed by atoms with van der Waals surface area (Å²) in [5, 5.41) is 3.46. The second kappa shape index (κ2) is 10.5. The number of hydrogen-bond acceptors (Lipinski definition) is 2. The zero-order valence-electron chi connectivity index (χ0n) is 16.1. The predicted octanol–water partition coefficient (Wildman–Crippen LogP) is 4.34. The van der Waals surface area contributed by atoms with E-state index in [0.29, 0.717) is 12.3 Å². The number of likely N-dealkylation sites (tertiary alicyclic amines) is 1. The molecule has 0 aromatic heterocycles. The fourth-order valence-corrected chi connectivity index (χ4v) is 4.19. The Hall–Kier alpha value is -1.61. The Bertz CT molecular complexity index is 573. The summed E-state index contributed by atoms with van der Waals surface area (Å²) in [7, 11) is 0. The molecule has 0 spiro atoms. The third-order valence-electron chi connectivity index (χ3n) is 5.86. The fourth-order valence-electron chi connectivity index (χ4n) is 4.19. The SMILES string of the molecule is O=C(CCNCCC1=CCCCC1)N1CCC(Cc2ccccc2)CC1. The van der Waals surface area contributed by atoms with Crippen molar-refractivity contribution in [3.05, 3.63) is 47.5 Å². The van der Waals surface area contributed by atoms with E-state index in [9.17, 15) is 4.79 Å². The van der Waals surface area contributed by atoms with Gasteiger partial charge in [0.2, 0.25) is 5.91 Å². The molecule has 0 unspecified atom stereocenters. The molecule has 3 heteroatoms. The van der Waals surface area contributed by atoms with E-state index >= 15 is 0 Å². The lowest BCUT2D eigenvalue weighted by Gasteiger charge is -2.32. The topological polar surface area (TPSA) is 32.3 Å². The van der Waals surface area contributed by atoms with Gasteiger partial charge in [0.1, 0.15) is 0 Å². The van der Waals surface area contributed by atoms with Crippen LogP contribution in [0.4, 0.5) is 0 Å². The van der Waals surface area contributed by atoms with Crippen molar-refractivity contribution in [1.29, 1.82) is 0 Å². The average molecular weight is 355 g/mol. The molecule has 0 radical (unpaired) electrons. The van der Waals surface area contributed by atoms with Gasteiger partial charge in [0.15, 0.2) is 0 Å². The summed E-state index contributed by atoms with van der Waals surface area (Å²) in [5.74, 6) is 1.05. The van der Waals surface area contributed by atoms with Gasteiger partial charge in [-0.1, -0.05) is 42.0 Å². The van der Waals surface area contributed by atoms with Crippen molar-refractivity contribution in [3.63, 3.8) is 0 Å². The largest absolute Gasteiger partial charge is 0.343 e. The zero-order chi connectivity index (χ0) is 18.0. The molecule has 1 N–H and O–H groups in total. The first-order valence-electron chi connectivity index (χ1n) is 10.5. The van der Waals surface area contributed by atoms with Crippen molar-refractivity contribution in [3.8, 4) is 0 Å². The Labute approximate surface area is 158 Å². The van der Waals surface area contributed by atoms with Gasteiger partial charge >= 0.3 is 0 Å². The van der Waals surface area contributed by atoms with Gasteiger partial charge in [0.25, 0.3) is 0 Å². The minimum atomic E-state index is 0.326. The Morgan fingerprint density at radius 1 is 1.08 bits per heavy atom. The minimum absolute atomic E-state index is 0.326. The number of carbonyl (C=O) groups excluding carboxylic acids is 1. The van der Waals surface area contributed by atoms with Crippen LogP contribution in [0, 0.1) is 5.92 Å². The zero-order valence-corrected chi connectivity index (χ0v) is 16.1. The number of hydrogen-bond donors (Lipinski definition) is 1. The van der Waals surface area contributed by atoms with Crippen LogP contribution in [-0.2, 0) is 11.2 Å². The molecule has 142 valence electrons. The van der Waals surface area contributed by atoms with Gasteiger partial charge < -0.3 is 10.2 Å². The second-order valence-electron chi connectivity index (χ2n) is 7.87. The Morgan fingerprint density at radius 3 is 2.62 bits per heavy atom. The van der Waals surface area contributed by atoms with Gasteiger partial charge in [-0.05, 0) is 69.4 Å². The smallest absolute Gasteiger partial charge is 0.223 e. The van der Waals surface area contributed by atoms with Crippen LogP contribution in [0.3, 0.4) is 0 Å². The van der Waals surface area contributed by atoms with E-state index in [4.69, 9.17) is 0 Å². The van der Waals surface area contributed by atoms with Crippen LogP contribution in [0.5, 0.6) is 0 Å². The summed E-state index contributed by atoms with van der Waals surface area (Å²) in [6, 6.07) is 10.7. The maximum absolute atomic E-state index is 12.4. The number of rotatable bonds is 8. The highest BCUT2D eigenvalue weighted by molar-refractivity contribution is 5.76. The molecular weight excluding hydrogens is 320 g/mol. The highest BCUT2D eigenvalue weighted by Gasteiger charge is 2.22. The number of nitrogens with zero attached hydrogens (tertiary/aromatic N) is 1. The molecule has 0 bridgehead atoms. The van der Waals surface area contributed by atoms with Crippen LogP contribution >= 0.6 is 0 Å². The Morgan fingerprint density at radius 2 is 1.88 bits per heavy atom. The van der Waals surface area contributed by atoms with Gasteiger partial charge in [-0.3, -0.25) is 4.79 Å². The van der Waals surface area contributed by atoms with Crippen molar-refractivity contribution in [1.82, 2.24) is 10.2 Å². The van der Waals surface area contributed by atoms with Crippen molar-refractivity contribution in [2.45, 2.75) is 57.8 Å². The Balaban J connectivity index is 1.27. The first kappa shape index (κ1) is 19.2. The van der Waals surface area contributed by atoms with E-state index in [0.717, 1.165) is 57.8 Å². The molecule has 1 aromatic rings. The van der Waals surface area contributed by atoms with Gasteiger partial charge in [0.05, 0.1) is 0 Å². The van der Waals surface area contributed by atoms with E-state index < -0.39 is 0 Å². The fraction of sp³-hybridized carbons (Fsp3) is 0.609. The van der Waals surface area contributed by atoms with Crippen LogP contribution in [0.2, 0.25) is 0 Å². The molecule has 26 heavy (non-hydrogen) atoms. The maximum atomic E-state index is 12.4. The van der Waals surface area contributed by atoms with Crippen molar-refractivity contribution in [2.24, 2.45) is 5.92 Å². The highest BCUT2D eigenvalue weighted by atomic mass is 16.2. The molecule has 1 aromatic carbocycles. The normalized spacial score (nSPS) is 18.6. The van der Waals surface area contributed by atoms with Crippen LogP contribution in [0.1, 0.15) is 56.9 Å².